The molecular weight excluding hydrogens is 148 g/mol. The fraction of sp³-hybridized carbons (Fsp3) is 0. The van der Waals surface area contributed by atoms with E-state index >= 15 is 0 Å². The third-order valence-electron chi connectivity index (χ3n) is 1.97. The fourth-order valence-corrected chi connectivity index (χ4v) is 1.37. The van der Waals surface area contributed by atoms with Gasteiger partial charge in [-0.3, -0.25) is 0 Å². The van der Waals surface area contributed by atoms with Gasteiger partial charge in [0.25, 0.3) is 0 Å². The van der Waals surface area contributed by atoms with Crippen molar-refractivity contribution in [2.45, 2.75) is 0 Å². The van der Waals surface area contributed by atoms with Gasteiger partial charge < -0.3 is 11.5 Å². The Hall–Kier alpha value is -1.70. The molecule has 0 heterocycles. The van der Waals surface area contributed by atoms with Gasteiger partial charge in [-0.05, 0) is 6.07 Å². The van der Waals surface area contributed by atoms with Gasteiger partial charge in [0, 0.05) is 22.5 Å². The van der Waals surface area contributed by atoms with Gasteiger partial charge in [-0.2, -0.15) is 0 Å². The average molecular weight is 158 g/mol. The Kier molecular flexibility index (Phi) is 1.40. The third-order valence-corrected chi connectivity index (χ3v) is 1.97. The molecule has 0 saturated heterocycles. The Morgan fingerprint density at radius 3 is 1.75 bits per heavy atom. The molecule has 0 aromatic rings. The van der Waals surface area contributed by atoms with E-state index in [1.54, 1.807) is 6.07 Å². The molecule has 4 N–H and O–H groups in total. The Morgan fingerprint density at radius 2 is 1.25 bits per heavy atom. The lowest BCUT2D eigenvalue weighted by molar-refractivity contribution is 1.80. The van der Waals surface area contributed by atoms with E-state index in [1.165, 1.54) is 0 Å². The van der Waals surface area contributed by atoms with Crippen LogP contribution < -0.4 is 11.5 Å². The molecule has 12 heavy (non-hydrogen) atoms. The maximum absolute atomic E-state index is 5.75. The van der Waals surface area contributed by atoms with Crippen LogP contribution in [0.5, 0.6) is 0 Å². The summed E-state index contributed by atoms with van der Waals surface area (Å²) in [5, 5.41) is 0. The molecule has 2 heteroatoms. The molecule has 0 unspecified atom stereocenters. The smallest absolute Gasteiger partial charge is 0.0415 e. The van der Waals surface area contributed by atoms with Gasteiger partial charge in [-0.25, -0.2) is 0 Å². The number of fused-ring (bicyclic) bond motifs is 1. The van der Waals surface area contributed by atoms with Crippen molar-refractivity contribution < 1.29 is 0 Å². The maximum Gasteiger partial charge on any atom is 0.0415 e. The first kappa shape index (κ1) is 6.98. The van der Waals surface area contributed by atoms with Crippen molar-refractivity contribution in [2.24, 2.45) is 0 Å². The standard InChI is InChI=1S/C10H10N2/c11-9-6-10(12)8-5-3-1-2-4-7(8)9/h1-6H,11-12H2. The predicted octanol–water partition coefficient (Wildman–Crippen LogP) is 1.96. The van der Waals surface area contributed by atoms with Crippen LogP contribution in [0.1, 0.15) is 0 Å². The van der Waals surface area contributed by atoms with Crippen molar-refractivity contribution in [1.29, 1.82) is 0 Å². The quantitative estimate of drug-likeness (QED) is 0.615. The van der Waals surface area contributed by atoms with E-state index in [2.05, 4.69) is 0 Å². The zero-order valence-electron chi connectivity index (χ0n) is 6.62. The summed E-state index contributed by atoms with van der Waals surface area (Å²) in [4.78, 5) is 0. The van der Waals surface area contributed by atoms with Gasteiger partial charge in [0.1, 0.15) is 0 Å². The first-order valence-corrected chi connectivity index (χ1v) is 3.82. The summed E-state index contributed by atoms with van der Waals surface area (Å²) in [6.07, 6.45) is 0. The molecule has 0 spiro atoms. The summed E-state index contributed by atoms with van der Waals surface area (Å²) < 4.78 is 0. The number of rotatable bonds is 0. The highest BCUT2D eigenvalue weighted by Gasteiger charge is 2.08. The van der Waals surface area contributed by atoms with Crippen LogP contribution in [-0.4, -0.2) is 0 Å². The SMILES string of the molecule is Nc1cc(N)c2cccccc1-2. The highest BCUT2D eigenvalue weighted by molar-refractivity contribution is 5.90. The van der Waals surface area contributed by atoms with E-state index in [0.717, 1.165) is 22.5 Å². The minimum atomic E-state index is 0.749. The molecule has 0 radical (unpaired) electrons. The number of hydrogen-bond donors (Lipinski definition) is 2. The Bertz CT molecular complexity index is 348. The third kappa shape index (κ3) is 0.889. The molecule has 0 bridgehead atoms. The van der Waals surface area contributed by atoms with Crippen molar-refractivity contribution in [3.05, 3.63) is 36.4 Å². The lowest BCUT2D eigenvalue weighted by Crippen LogP contribution is -1.81. The molecule has 2 rings (SSSR count). The normalized spacial score (nSPS) is 10.3. The molecule has 0 atom stereocenters. The molecule has 2 aliphatic rings. The molecule has 0 saturated carbocycles. The minimum absolute atomic E-state index is 0.749. The van der Waals surface area contributed by atoms with E-state index in [9.17, 15) is 0 Å². The van der Waals surface area contributed by atoms with Crippen molar-refractivity contribution in [3.8, 4) is 11.1 Å². The second kappa shape index (κ2) is 2.41. The van der Waals surface area contributed by atoms with Crippen molar-refractivity contribution in [2.75, 3.05) is 11.5 Å². The molecule has 2 nitrogen and oxygen atoms in total. The Labute approximate surface area is 71.1 Å². The molecule has 60 valence electrons. The molecule has 0 amide bonds. The maximum atomic E-state index is 5.75. The van der Waals surface area contributed by atoms with Crippen LogP contribution in [-0.2, 0) is 0 Å². The van der Waals surface area contributed by atoms with E-state index in [4.69, 9.17) is 11.5 Å². The second-order valence-electron chi connectivity index (χ2n) is 2.79. The van der Waals surface area contributed by atoms with Gasteiger partial charge in [-0.15, -0.1) is 0 Å². The van der Waals surface area contributed by atoms with Crippen LogP contribution in [0, 0.1) is 0 Å². The summed E-state index contributed by atoms with van der Waals surface area (Å²) in [6, 6.07) is 11.6. The van der Waals surface area contributed by atoms with Crippen molar-refractivity contribution in [3.63, 3.8) is 0 Å². The molecular formula is C10H10N2. The van der Waals surface area contributed by atoms with E-state index in [1.807, 2.05) is 30.3 Å². The first-order valence-electron chi connectivity index (χ1n) is 3.82. The van der Waals surface area contributed by atoms with Gasteiger partial charge in [0.2, 0.25) is 0 Å². The van der Waals surface area contributed by atoms with Gasteiger partial charge in [0.15, 0.2) is 0 Å². The number of nitrogens with two attached hydrogens (primary N) is 2. The molecule has 0 aromatic heterocycles. The summed E-state index contributed by atoms with van der Waals surface area (Å²) in [7, 11) is 0. The number of nitrogen functional groups attached to an aromatic ring is 2. The topological polar surface area (TPSA) is 52.0 Å². The van der Waals surface area contributed by atoms with Crippen LogP contribution in [0.3, 0.4) is 0 Å². The van der Waals surface area contributed by atoms with Crippen molar-refractivity contribution in [1.82, 2.24) is 0 Å². The van der Waals surface area contributed by atoms with Crippen LogP contribution >= 0.6 is 0 Å². The number of hydrogen-bond acceptors (Lipinski definition) is 2. The zero-order valence-corrected chi connectivity index (χ0v) is 6.62. The number of anilines is 2. The lowest BCUT2D eigenvalue weighted by Gasteiger charge is -1.93. The summed E-state index contributed by atoms with van der Waals surface area (Å²) in [6.45, 7) is 0. The van der Waals surface area contributed by atoms with Gasteiger partial charge in [0.05, 0.1) is 0 Å². The minimum Gasteiger partial charge on any atom is -0.398 e. The van der Waals surface area contributed by atoms with Crippen LogP contribution in [0.15, 0.2) is 36.4 Å². The first-order chi connectivity index (χ1) is 5.79. The van der Waals surface area contributed by atoms with E-state index in [0.29, 0.717) is 0 Å². The lowest BCUT2D eigenvalue weighted by atomic mass is 10.2. The summed E-state index contributed by atoms with van der Waals surface area (Å²) in [5.41, 5.74) is 15.1. The van der Waals surface area contributed by atoms with Crippen LogP contribution in [0.2, 0.25) is 0 Å². The second-order valence-corrected chi connectivity index (χ2v) is 2.79. The largest absolute Gasteiger partial charge is 0.398 e. The molecule has 0 aliphatic heterocycles. The van der Waals surface area contributed by atoms with Crippen molar-refractivity contribution >= 4 is 11.4 Å². The van der Waals surface area contributed by atoms with E-state index in [-0.39, 0.29) is 0 Å². The summed E-state index contributed by atoms with van der Waals surface area (Å²) in [5.74, 6) is 0. The predicted molar refractivity (Wildman–Crippen MR) is 51.9 cm³/mol. The Balaban J connectivity index is 2.79. The summed E-state index contributed by atoms with van der Waals surface area (Å²) >= 11 is 0. The zero-order chi connectivity index (χ0) is 8.55. The molecule has 0 aromatic carbocycles. The fourth-order valence-electron chi connectivity index (χ4n) is 1.37. The highest BCUT2D eigenvalue weighted by Crippen LogP contribution is 2.34. The monoisotopic (exact) mass is 158 g/mol. The average Bonchev–Trinajstić information content (AvgIpc) is 2.29. The molecule has 0 fully saturated rings. The van der Waals surface area contributed by atoms with Crippen LogP contribution in [0.25, 0.3) is 11.1 Å². The van der Waals surface area contributed by atoms with Gasteiger partial charge >= 0.3 is 0 Å². The molecule has 2 aliphatic carbocycles. The van der Waals surface area contributed by atoms with E-state index < -0.39 is 0 Å². The van der Waals surface area contributed by atoms with Gasteiger partial charge in [-0.1, -0.05) is 30.3 Å². The highest BCUT2D eigenvalue weighted by atomic mass is 14.6. The van der Waals surface area contributed by atoms with Crippen LogP contribution in [0.4, 0.5) is 11.4 Å². The Morgan fingerprint density at radius 1 is 0.750 bits per heavy atom.